The lowest BCUT2D eigenvalue weighted by atomic mass is 9.92. The molecule has 0 amide bonds. The number of rotatable bonds is 5. The number of likely N-dealkylation sites (tertiary alicyclic amines) is 1. The second kappa shape index (κ2) is 6.04. The van der Waals surface area contributed by atoms with Gasteiger partial charge in [-0.25, -0.2) is 0 Å². The van der Waals surface area contributed by atoms with E-state index in [1.165, 1.54) is 18.4 Å². The van der Waals surface area contributed by atoms with Crippen LogP contribution in [0.25, 0.3) is 0 Å². The van der Waals surface area contributed by atoms with E-state index in [-0.39, 0.29) is 0 Å². The van der Waals surface area contributed by atoms with Crippen LogP contribution in [0.1, 0.15) is 24.8 Å². The highest BCUT2D eigenvalue weighted by atomic mass is 16.3. The molecule has 2 fully saturated rings. The van der Waals surface area contributed by atoms with Gasteiger partial charge in [0.25, 0.3) is 0 Å². The van der Waals surface area contributed by atoms with E-state index in [2.05, 4.69) is 40.5 Å². The molecule has 2 aliphatic rings. The van der Waals surface area contributed by atoms with Crippen molar-refractivity contribution < 1.29 is 5.11 Å². The third-order valence-corrected chi connectivity index (χ3v) is 4.35. The molecule has 0 unspecified atom stereocenters. The van der Waals surface area contributed by atoms with Gasteiger partial charge in [-0.05, 0) is 37.3 Å². The van der Waals surface area contributed by atoms with Crippen LogP contribution < -0.4 is 5.32 Å². The zero-order valence-corrected chi connectivity index (χ0v) is 11.5. The lowest BCUT2D eigenvalue weighted by Crippen LogP contribution is -2.52. The molecule has 1 aliphatic carbocycles. The van der Waals surface area contributed by atoms with Gasteiger partial charge in [-0.2, -0.15) is 0 Å². The van der Waals surface area contributed by atoms with E-state index < -0.39 is 0 Å². The Morgan fingerprint density at radius 2 is 1.95 bits per heavy atom. The minimum absolute atomic E-state index is 0.323. The first-order chi connectivity index (χ1) is 9.35. The van der Waals surface area contributed by atoms with E-state index in [1.54, 1.807) is 0 Å². The predicted molar refractivity (Wildman–Crippen MR) is 76.9 cm³/mol. The fourth-order valence-electron chi connectivity index (χ4n) is 3.01. The summed E-state index contributed by atoms with van der Waals surface area (Å²) >= 11 is 0. The summed E-state index contributed by atoms with van der Waals surface area (Å²) < 4.78 is 0. The topological polar surface area (TPSA) is 35.5 Å². The largest absolute Gasteiger partial charge is 0.396 e. The fourth-order valence-corrected chi connectivity index (χ4v) is 3.01. The molecular formula is C16H24N2O. The maximum atomic E-state index is 9.51. The summed E-state index contributed by atoms with van der Waals surface area (Å²) in [6.07, 6.45) is 3.73. The summed E-state index contributed by atoms with van der Waals surface area (Å²) in [5.74, 6) is 0.438. The highest BCUT2D eigenvalue weighted by Crippen LogP contribution is 2.25. The highest BCUT2D eigenvalue weighted by molar-refractivity contribution is 5.14. The molecule has 0 spiro atoms. The number of aliphatic hydroxyl groups excluding tert-OH is 1. The van der Waals surface area contributed by atoms with Gasteiger partial charge in [0.15, 0.2) is 0 Å². The lowest BCUT2D eigenvalue weighted by Gasteiger charge is -2.38. The van der Waals surface area contributed by atoms with Gasteiger partial charge in [0, 0.05) is 31.8 Å². The Hall–Kier alpha value is -0.900. The Morgan fingerprint density at radius 3 is 2.63 bits per heavy atom. The molecule has 1 saturated heterocycles. The molecule has 1 aliphatic heterocycles. The Morgan fingerprint density at radius 1 is 1.16 bits per heavy atom. The Balaban J connectivity index is 1.58. The van der Waals surface area contributed by atoms with Gasteiger partial charge in [0.05, 0.1) is 0 Å². The van der Waals surface area contributed by atoms with E-state index in [9.17, 15) is 5.11 Å². The van der Waals surface area contributed by atoms with Gasteiger partial charge >= 0.3 is 0 Å². The zero-order chi connectivity index (χ0) is 13.1. The smallest absolute Gasteiger partial charge is 0.0475 e. The van der Waals surface area contributed by atoms with E-state index in [0.29, 0.717) is 18.6 Å². The number of hydrogen-bond acceptors (Lipinski definition) is 3. The third kappa shape index (κ3) is 3.56. The number of nitrogens with one attached hydrogen (secondary N) is 1. The molecule has 1 aromatic rings. The van der Waals surface area contributed by atoms with Crippen molar-refractivity contribution in [3.05, 3.63) is 35.9 Å². The van der Waals surface area contributed by atoms with Gasteiger partial charge < -0.3 is 10.4 Å². The fraction of sp³-hybridized carbons (Fsp3) is 0.625. The molecule has 1 aromatic carbocycles. The van der Waals surface area contributed by atoms with E-state index in [1.807, 2.05) is 0 Å². The van der Waals surface area contributed by atoms with Crippen molar-refractivity contribution in [3.63, 3.8) is 0 Å². The van der Waals surface area contributed by atoms with Crippen LogP contribution >= 0.6 is 0 Å². The van der Waals surface area contributed by atoms with Gasteiger partial charge in [0.1, 0.15) is 0 Å². The van der Waals surface area contributed by atoms with Crippen molar-refractivity contribution in [2.24, 2.45) is 5.92 Å². The van der Waals surface area contributed by atoms with Crippen molar-refractivity contribution in [1.29, 1.82) is 0 Å². The van der Waals surface area contributed by atoms with Crippen LogP contribution in [0, 0.1) is 5.92 Å². The van der Waals surface area contributed by atoms with Crippen LogP contribution in [0.2, 0.25) is 0 Å². The quantitative estimate of drug-likeness (QED) is 0.844. The van der Waals surface area contributed by atoms with Gasteiger partial charge in [-0.15, -0.1) is 0 Å². The van der Waals surface area contributed by atoms with Gasteiger partial charge in [-0.1, -0.05) is 30.3 Å². The average molecular weight is 260 g/mol. The van der Waals surface area contributed by atoms with Crippen LogP contribution in [0.3, 0.4) is 0 Å². The van der Waals surface area contributed by atoms with E-state index in [0.717, 1.165) is 32.1 Å². The van der Waals surface area contributed by atoms with Crippen LogP contribution in [0.5, 0.6) is 0 Å². The molecule has 104 valence electrons. The molecule has 3 heteroatoms. The van der Waals surface area contributed by atoms with Crippen molar-refractivity contribution in [1.82, 2.24) is 10.2 Å². The number of hydrogen-bond donors (Lipinski definition) is 2. The van der Waals surface area contributed by atoms with Crippen molar-refractivity contribution >= 4 is 0 Å². The number of aliphatic hydroxyl groups is 1. The van der Waals surface area contributed by atoms with Crippen molar-refractivity contribution in [3.8, 4) is 0 Å². The molecule has 19 heavy (non-hydrogen) atoms. The standard InChI is InChI=1S/C16H24N2O/c19-12-14-8-9-18(10-13-4-2-1-3-5-13)11-16(14)17-15-6-7-15/h1-5,14-17,19H,6-12H2/t14-,16+/m0/s1. The highest BCUT2D eigenvalue weighted by Gasteiger charge is 2.33. The van der Waals surface area contributed by atoms with E-state index >= 15 is 0 Å². The Bertz CT molecular complexity index is 391. The summed E-state index contributed by atoms with van der Waals surface area (Å²) in [6, 6.07) is 11.9. The zero-order valence-electron chi connectivity index (χ0n) is 11.5. The molecular weight excluding hydrogens is 236 g/mol. The predicted octanol–water partition coefficient (Wildman–Crippen LogP) is 1.62. The molecule has 0 aromatic heterocycles. The van der Waals surface area contributed by atoms with Crippen molar-refractivity contribution in [2.75, 3.05) is 19.7 Å². The second-order valence-corrected chi connectivity index (χ2v) is 6.00. The maximum Gasteiger partial charge on any atom is 0.0475 e. The monoisotopic (exact) mass is 260 g/mol. The van der Waals surface area contributed by atoms with E-state index in [4.69, 9.17) is 0 Å². The third-order valence-electron chi connectivity index (χ3n) is 4.35. The minimum Gasteiger partial charge on any atom is -0.396 e. The number of piperidine rings is 1. The summed E-state index contributed by atoms with van der Waals surface area (Å²) in [6.45, 7) is 3.52. The van der Waals surface area contributed by atoms with Crippen LogP contribution in [0.4, 0.5) is 0 Å². The Kier molecular flexibility index (Phi) is 4.16. The first-order valence-electron chi connectivity index (χ1n) is 7.48. The second-order valence-electron chi connectivity index (χ2n) is 6.00. The molecule has 0 radical (unpaired) electrons. The summed E-state index contributed by atoms with van der Waals surface area (Å²) in [4.78, 5) is 2.52. The molecule has 1 heterocycles. The number of benzene rings is 1. The van der Waals surface area contributed by atoms with Gasteiger partial charge in [-0.3, -0.25) is 4.90 Å². The summed E-state index contributed by atoms with van der Waals surface area (Å²) in [5.41, 5.74) is 1.38. The summed E-state index contributed by atoms with van der Waals surface area (Å²) in [5, 5.41) is 13.2. The lowest BCUT2D eigenvalue weighted by molar-refractivity contribution is 0.0906. The van der Waals surface area contributed by atoms with Crippen LogP contribution in [-0.2, 0) is 6.54 Å². The average Bonchev–Trinajstić information content (AvgIpc) is 3.24. The molecule has 0 bridgehead atoms. The summed E-state index contributed by atoms with van der Waals surface area (Å²) in [7, 11) is 0. The normalized spacial score (nSPS) is 28.5. The maximum absolute atomic E-state index is 9.51. The first-order valence-corrected chi connectivity index (χ1v) is 7.48. The van der Waals surface area contributed by atoms with Crippen LogP contribution in [0.15, 0.2) is 30.3 Å². The molecule has 3 rings (SSSR count). The molecule has 2 N–H and O–H groups in total. The first kappa shape index (κ1) is 13.1. The van der Waals surface area contributed by atoms with Crippen molar-refractivity contribution in [2.45, 2.75) is 37.9 Å². The van der Waals surface area contributed by atoms with Crippen LogP contribution in [-0.4, -0.2) is 41.8 Å². The number of nitrogens with zero attached hydrogens (tertiary/aromatic N) is 1. The molecule has 2 atom stereocenters. The molecule has 3 nitrogen and oxygen atoms in total. The minimum atomic E-state index is 0.323. The molecule has 1 saturated carbocycles. The SMILES string of the molecule is OC[C@@H]1CCN(Cc2ccccc2)C[C@H]1NC1CC1. The van der Waals surface area contributed by atoms with Gasteiger partial charge in [0.2, 0.25) is 0 Å². The Labute approximate surface area is 115 Å².